The summed E-state index contributed by atoms with van der Waals surface area (Å²) in [6.07, 6.45) is -12.5. The Labute approximate surface area is 209 Å². The molecule has 196 valence electrons. The molecule has 0 saturated carbocycles. The largest absolute Gasteiger partial charge is 0.453 e. The van der Waals surface area contributed by atoms with Gasteiger partial charge < -0.3 is 19.6 Å². The zero-order chi connectivity index (χ0) is 26.7. The molecule has 2 amide bonds. The first-order valence-corrected chi connectivity index (χ1v) is 11.6. The fraction of sp³-hybridized carbons (Fsp3) is 0.476. The van der Waals surface area contributed by atoms with Gasteiger partial charge in [0, 0.05) is 42.0 Å². The number of carbonyl (C=O) groups excluding carboxylic acids is 2. The second-order valence-corrected chi connectivity index (χ2v) is 10.1. The Morgan fingerprint density at radius 1 is 1.19 bits per heavy atom. The SMILES string of the molecule is COC(=O)N1CCC2(C1)CN(C(=O)Cc1ncc(C(O)(C(F)(F)F)C(F)(F)F)s1)c1ccc(Cl)cc12. The fourth-order valence-electron chi connectivity index (χ4n) is 4.59. The van der Waals surface area contributed by atoms with E-state index < -0.39 is 46.7 Å². The number of benzene rings is 1. The van der Waals surface area contributed by atoms with Gasteiger partial charge in [-0.05, 0) is 30.2 Å². The van der Waals surface area contributed by atoms with E-state index in [1.807, 2.05) is 0 Å². The van der Waals surface area contributed by atoms with Crippen LogP contribution in [0.25, 0.3) is 0 Å². The van der Waals surface area contributed by atoms with E-state index in [-0.39, 0.29) is 35.6 Å². The number of halogens is 7. The number of aliphatic hydroxyl groups is 1. The van der Waals surface area contributed by atoms with Crippen LogP contribution in [0.3, 0.4) is 0 Å². The van der Waals surface area contributed by atoms with Crippen LogP contribution in [0.1, 0.15) is 21.9 Å². The lowest BCUT2D eigenvalue weighted by molar-refractivity contribution is -0.375. The number of likely N-dealkylation sites (tertiary alicyclic amines) is 1. The van der Waals surface area contributed by atoms with Gasteiger partial charge in [0.05, 0.1) is 18.4 Å². The number of hydrogen-bond donors (Lipinski definition) is 1. The van der Waals surface area contributed by atoms with Crippen LogP contribution < -0.4 is 4.90 Å². The summed E-state index contributed by atoms with van der Waals surface area (Å²) in [5.41, 5.74) is -4.63. The predicted molar refractivity (Wildman–Crippen MR) is 116 cm³/mol. The zero-order valence-electron chi connectivity index (χ0n) is 18.4. The Balaban J connectivity index is 1.61. The Morgan fingerprint density at radius 2 is 1.86 bits per heavy atom. The maximum Gasteiger partial charge on any atom is 0.431 e. The summed E-state index contributed by atoms with van der Waals surface area (Å²) in [7, 11) is 1.24. The third-order valence-electron chi connectivity index (χ3n) is 6.40. The van der Waals surface area contributed by atoms with Crippen molar-refractivity contribution < 1.29 is 45.8 Å². The molecular formula is C21H18ClF6N3O4S. The van der Waals surface area contributed by atoms with Crippen molar-refractivity contribution in [2.24, 2.45) is 0 Å². The number of nitrogens with zero attached hydrogens (tertiary/aromatic N) is 3. The molecule has 2 aliphatic heterocycles. The number of alkyl halides is 6. The Morgan fingerprint density at radius 3 is 2.47 bits per heavy atom. The van der Waals surface area contributed by atoms with Crippen LogP contribution in [-0.4, -0.2) is 66.1 Å². The van der Waals surface area contributed by atoms with Crippen molar-refractivity contribution in [1.29, 1.82) is 0 Å². The van der Waals surface area contributed by atoms with Gasteiger partial charge in [-0.15, -0.1) is 11.3 Å². The minimum Gasteiger partial charge on any atom is -0.453 e. The van der Waals surface area contributed by atoms with Gasteiger partial charge in [0.1, 0.15) is 5.01 Å². The number of hydrogen-bond acceptors (Lipinski definition) is 6. The molecule has 3 heterocycles. The van der Waals surface area contributed by atoms with Gasteiger partial charge in [0.25, 0.3) is 5.60 Å². The molecule has 1 saturated heterocycles. The highest BCUT2D eigenvalue weighted by Crippen LogP contribution is 2.52. The number of amides is 2. The molecular weight excluding hydrogens is 540 g/mol. The first-order valence-electron chi connectivity index (χ1n) is 10.4. The van der Waals surface area contributed by atoms with Crippen molar-refractivity contribution in [3.8, 4) is 0 Å². The van der Waals surface area contributed by atoms with Crippen molar-refractivity contribution in [3.63, 3.8) is 0 Å². The number of thiazole rings is 1. The lowest BCUT2D eigenvalue weighted by Crippen LogP contribution is -2.53. The van der Waals surface area contributed by atoms with Gasteiger partial charge in [-0.25, -0.2) is 9.78 Å². The summed E-state index contributed by atoms with van der Waals surface area (Å²) >= 11 is 6.12. The van der Waals surface area contributed by atoms with Gasteiger partial charge in [-0.3, -0.25) is 4.79 Å². The van der Waals surface area contributed by atoms with Crippen molar-refractivity contribution in [3.05, 3.63) is 44.9 Å². The lowest BCUT2D eigenvalue weighted by atomic mass is 9.81. The lowest BCUT2D eigenvalue weighted by Gasteiger charge is -2.30. The number of aromatic nitrogens is 1. The van der Waals surface area contributed by atoms with E-state index in [0.717, 1.165) is 0 Å². The molecule has 4 rings (SSSR count). The van der Waals surface area contributed by atoms with Crippen LogP contribution >= 0.6 is 22.9 Å². The maximum absolute atomic E-state index is 13.2. The molecule has 1 spiro atoms. The number of fused-ring (bicyclic) bond motifs is 2. The van der Waals surface area contributed by atoms with Gasteiger partial charge in [-0.1, -0.05) is 11.6 Å². The smallest absolute Gasteiger partial charge is 0.431 e. The summed E-state index contributed by atoms with van der Waals surface area (Å²) in [5.74, 6) is -0.629. The quantitative estimate of drug-likeness (QED) is 0.566. The topological polar surface area (TPSA) is 83.0 Å². The van der Waals surface area contributed by atoms with E-state index in [9.17, 15) is 41.0 Å². The third-order valence-corrected chi connectivity index (χ3v) is 7.74. The number of rotatable bonds is 3. The minimum absolute atomic E-state index is 0.0437. The molecule has 0 radical (unpaired) electrons. The van der Waals surface area contributed by atoms with Gasteiger partial charge in [0.15, 0.2) is 0 Å². The minimum atomic E-state index is -6.05. The van der Waals surface area contributed by atoms with Crippen LogP contribution in [0.15, 0.2) is 24.4 Å². The first-order chi connectivity index (χ1) is 16.6. The van der Waals surface area contributed by atoms with E-state index in [4.69, 9.17) is 16.3 Å². The summed E-state index contributed by atoms with van der Waals surface area (Å²) in [5, 5.41) is 9.63. The Hall–Kier alpha value is -2.58. The number of methoxy groups -OCH3 is 1. The fourth-order valence-corrected chi connectivity index (χ4v) is 5.81. The molecule has 1 atom stereocenters. The predicted octanol–water partition coefficient (Wildman–Crippen LogP) is 4.41. The average Bonchev–Trinajstić information content (AvgIpc) is 3.50. The molecule has 1 aromatic carbocycles. The van der Waals surface area contributed by atoms with E-state index in [1.165, 1.54) is 16.9 Å². The van der Waals surface area contributed by atoms with Gasteiger partial charge >= 0.3 is 18.4 Å². The maximum atomic E-state index is 13.2. The standard InChI is InChI=1S/C21H18ClF6N3O4S/c1-35-17(33)30-5-4-18(9-30)10-31(13-3-2-11(22)6-12(13)18)16(32)7-15-29-8-14(36-15)19(34,20(23,24)25)21(26,27)28/h2-3,6,8,34H,4-5,7,9-10H2,1H3. The Bertz CT molecular complexity index is 1190. The van der Waals surface area contributed by atoms with E-state index in [0.29, 0.717) is 29.2 Å². The Kier molecular flexibility index (Phi) is 6.45. The molecule has 2 aromatic rings. The number of carbonyl (C=O) groups is 2. The highest BCUT2D eigenvalue weighted by Gasteiger charge is 2.72. The van der Waals surface area contributed by atoms with E-state index in [2.05, 4.69) is 4.98 Å². The van der Waals surface area contributed by atoms with Crippen molar-refractivity contribution in [2.45, 2.75) is 36.2 Å². The molecule has 0 bridgehead atoms. The molecule has 7 nitrogen and oxygen atoms in total. The first kappa shape index (κ1) is 26.5. The van der Waals surface area contributed by atoms with Crippen LogP contribution in [0.4, 0.5) is 36.8 Å². The van der Waals surface area contributed by atoms with Gasteiger partial charge in [-0.2, -0.15) is 26.3 Å². The zero-order valence-corrected chi connectivity index (χ0v) is 20.0. The molecule has 36 heavy (non-hydrogen) atoms. The summed E-state index contributed by atoms with van der Waals surface area (Å²) in [6, 6.07) is 4.80. The number of ether oxygens (including phenoxy) is 1. The molecule has 0 aliphatic carbocycles. The monoisotopic (exact) mass is 557 g/mol. The molecule has 1 unspecified atom stereocenters. The molecule has 1 aromatic heterocycles. The summed E-state index contributed by atoms with van der Waals surface area (Å²) < 4.78 is 83.8. The van der Waals surface area contributed by atoms with E-state index in [1.54, 1.807) is 18.2 Å². The molecule has 2 aliphatic rings. The molecule has 15 heteroatoms. The van der Waals surface area contributed by atoms with Crippen LogP contribution in [0.5, 0.6) is 0 Å². The van der Waals surface area contributed by atoms with Crippen LogP contribution in [0.2, 0.25) is 5.02 Å². The third kappa shape index (κ3) is 4.18. The van der Waals surface area contributed by atoms with E-state index >= 15 is 0 Å². The number of anilines is 1. The molecule has 1 fully saturated rings. The van der Waals surface area contributed by atoms with Gasteiger partial charge in [0.2, 0.25) is 5.91 Å². The highest BCUT2D eigenvalue weighted by atomic mass is 35.5. The second-order valence-electron chi connectivity index (χ2n) is 8.56. The normalized spacial score (nSPS) is 20.2. The molecule has 1 N–H and O–H groups in total. The summed E-state index contributed by atoms with van der Waals surface area (Å²) in [6.45, 7) is 0.689. The average molecular weight is 558 g/mol. The van der Waals surface area contributed by atoms with Crippen molar-refractivity contribution in [2.75, 3.05) is 31.6 Å². The second kappa shape index (κ2) is 8.77. The van der Waals surface area contributed by atoms with Crippen LogP contribution in [0, 0.1) is 0 Å². The summed E-state index contributed by atoms with van der Waals surface area (Å²) in [4.78, 5) is 30.1. The highest BCUT2D eigenvalue weighted by molar-refractivity contribution is 7.11. The van der Waals surface area contributed by atoms with Crippen LogP contribution in [-0.2, 0) is 27.0 Å². The van der Waals surface area contributed by atoms with Crippen molar-refractivity contribution in [1.82, 2.24) is 9.88 Å². The van der Waals surface area contributed by atoms with Crippen molar-refractivity contribution >= 4 is 40.6 Å².